The number of hydrogen-bond donors (Lipinski definition) is 3. The van der Waals surface area contributed by atoms with E-state index in [4.69, 9.17) is 66.4 Å². The molecule has 4 heterocycles. The van der Waals surface area contributed by atoms with E-state index in [0.29, 0.717) is 44.1 Å². The molecular formula is C55H63Cl2N10O15P. The number of aliphatic imine (C=N–C) groups is 1. The molecule has 0 aliphatic carbocycles. The molecular weight excluding hydrogens is 1140 g/mol. The van der Waals surface area contributed by atoms with Crippen molar-refractivity contribution in [2.45, 2.75) is 78.5 Å². The number of anilines is 2. The molecule has 0 saturated heterocycles. The highest BCUT2D eigenvalue weighted by Crippen LogP contribution is 2.48. The summed E-state index contributed by atoms with van der Waals surface area (Å²) in [6.45, 7) is 6.98. The Morgan fingerprint density at radius 3 is 2.05 bits per heavy atom. The van der Waals surface area contributed by atoms with Crippen LogP contribution in [0.25, 0.3) is 28.1 Å². The maximum atomic E-state index is 13.1. The summed E-state index contributed by atoms with van der Waals surface area (Å²) in [5.74, 6) is 0.169. The monoisotopic (exact) mass is 1200 g/mol. The number of nitrogens with two attached hydrogens (primary N) is 1. The molecule has 0 bridgehead atoms. The third-order valence-corrected chi connectivity index (χ3v) is 13.5. The summed E-state index contributed by atoms with van der Waals surface area (Å²) in [5, 5.41) is 25.7. The van der Waals surface area contributed by atoms with Gasteiger partial charge in [-0.1, -0.05) is 65.7 Å². The van der Waals surface area contributed by atoms with E-state index in [1.807, 2.05) is 89.6 Å². The lowest BCUT2D eigenvalue weighted by Gasteiger charge is -2.21. The Hall–Kier alpha value is -8.00. The number of aliphatic hydroxyl groups excluding tert-OH is 1. The molecule has 442 valence electrons. The van der Waals surface area contributed by atoms with Gasteiger partial charge in [-0.3, -0.25) is 28.4 Å². The fraction of sp³-hybridized carbons (Fsp3) is 0.327. The number of likely N-dealkylation sites (N-methyl/N-ethyl adjacent to an activating group) is 1. The minimum absolute atomic E-state index is 0.173. The summed E-state index contributed by atoms with van der Waals surface area (Å²) < 4.78 is 56.7. The Morgan fingerprint density at radius 2 is 1.45 bits per heavy atom. The Balaban J connectivity index is 0.000000206. The molecule has 0 spiro atoms. The fourth-order valence-corrected chi connectivity index (χ4v) is 8.89. The van der Waals surface area contributed by atoms with Crippen LogP contribution in [0.15, 0.2) is 121 Å². The molecule has 2 atom stereocenters. The first kappa shape index (κ1) is 64.2. The van der Waals surface area contributed by atoms with Crippen LogP contribution in [-0.4, -0.2) is 140 Å². The van der Waals surface area contributed by atoms with Gasteiger partial charge in [-0.05, 0) is 95.3 Å². The summed E-state index contributed by atoms with van der Waals surface area (Å²) in [6, 6.07) is 31.7. The topological polar surface area (TPSA) is 306 Å². The zero-order valence-electron chi connectivity index (χ0n) is 46.5. The predicted molar refractivity (Wildman–Crippen MR) is 306 cm³/mol. The van der Waals surface area contributed by atoms with E-state index < -0.39 is 70.3 Å². The highest BCUT2D eigenvalue weighted by atomic mass is 35.5. The van der Waals surface area contributed by atoms with Crippen LogP contribution in [0, 0.1) is 0 Å². The summed E-state index contributed by atoms with van der Waals surface area (Å²) in [6.07, 6.45) is -1.96. The Kier molecular flexibility index (Phi) is 23.5. The lowest BCUT2D eigenvalue weighted by Crippen LogP contribution is -2.34. The van der Waals surface area contributed by atoms with Crippen molar-refractivity contribution in [1.29, 1.82) is 0 Å². The normalized spacial score (nSPS) is 13.4. The minimum Gasteiger partial charge on any atom is -0.497 e. The number of amides is 2. The smallest absolute Gasteiger partial charge is 0.497 e. The van der Waals surface area contributed by atoms with Gasteiger partial charge in [0.2, 0.25) is 25.7 Å². The number of halogens is 2. The average Bonchev–Trinajstić information content (AvgIpc) is 4.30. The average molecular weight is 1210 g/mol. The minimum atomic E-state index is -4.06. The number of ether oxygens (including phenoxy) is 6. The van der Waals surface area contributed by atoms with Crippen LogP contribution in [0.5, 0.6) is 5.75 Å². The van der Waals surface area contributed by atoms with Crippen LogP contribution in [0.2, 0.25) is 10.0 Å². The van der Waals surface area contributed by atoms with Crippen molar-refractivity contribution in [3.8, 4) is 22.7 Å². The highest BCUT2D eigenvalue weighted by Gasteiger charge is 2.30. The number of hydrogen-bond acceptors (Lipinski definition) is 21. The van der Waals surface area contributed by atoms with Gasteiger partial charge < -0.3 is 48.7 Å². The second-order valence-electron chi connectivity index (χ2n) is 18.5. The number of rotatable bonds is 20. The number of benzodiazepines with no additional fused rings is 1. The third-order valence-electron chi connectivity index (χ3n) is 11.5. The number of hydroxylamine groups is 2. The first-order chi connectivity index (χ1) is 39.5. The van der Waals surface area contributed by atoms with Gasteiger partial charge >= 0.3 is 19.9 Å². The van der Waals surface area contributed by atoms with Gasteiger partial charge in [0.05, 0.1) is 66.8 Å². The fourth-order valence-electron chi connectivity index (χ4n) is 7.51. The second-order valence-corrected chi connectivity index (χ2v) is 21.4. The van der Waals surface area contributed by atoms with E-state index in [1.54, 1.807) is 71.5 Å². The second kappa shape index (κ2) is 30.3. The lowest BCUT2D eigenvalue weighted by atomic mass is 10.0. The van der Waals surface area contributed by atoms with Gasteiger partial charge in [0, 0.05) is 53.7 Å². The molecule has 8 rings (SSSR count). The molecule has 1 aliphatic heterocycles. The van der Waals surface area contributed by atoms with Crippen molar-refractivity contribution < 1.29 is 71.5 Å². The number of fused-ring (bicyclic) bond motifs is 2. The maximum absolute atomic E-state index is 13.1. The van der Waals surface area contributed by atoms with E-state index in [1.165, 1.54) is 24.6 Å². The number of methoxy groups -OCH3 is 1. The molecule has 25 nitrogen and oxygen atoms in total. The molecule has 4 N–H and O–H groups in total. The zero-order valence-corrected chi connectivity index (χ0v) is 48.9. The summed E-state index contributed by atoms with van der Waals surface area (Å²) in [7, 11) is 0.492. The van der Waals surface area contributed by atoms with Gasteiger partial charge in [0.15, 0.2) is 11.5 Å². The molecule has 0 saturated carbocycles. The Morgan fingerprint density at radius 1 is 0.819 bits per heavy atom. The van der Waals surface area contributed by atoms with Crippen molar-refractivity contribution in [2.24, 2.45) is 4.99 Å². The molecule has 2 amide bonds. The van der Waals surface area contributed by atoms with Gasteiger partial charge in [0.25, 0.3) is 5.91 Å². The van der Waals surface area contributed by atoms with Crippen LogP contribution in [-0.2, 0) is 59.9 Å². The van der Waals surface area contributed by atoms with Gasteiger partial charge in [-0.2, -0.15) is 5.10 Å². The van der Waals surface area contributed by atoms with Crippen LogP contribution >= 0.6 is 30.8 Å². The number of carbonyl (C=O) groups excluding carboxylic acids is 4. The van der Waals surface area contributed by atoms with Gasteiger partial charge in [-0.25, -0.2) is 39.3 Å². The van der Waals surface area contributed by atoms with Crippen LogP contribution in [0.1, 0.15) is 57.9 Å². The largest absolute Gasteiger partial charge is 0.510 e. The van der Waals surface area contributed by atoms with Crippen molar-refractivity contribution in [2.75, 3.05) is 51.8 Å². The molecule has 0 radical (unpaired) electrons. The number of aliphatic hydroxyl groups is 1. The van der Waals surface area contributed by atoms with E-state index in [0.717, 1.165) is 39.5 Å². The van der Waals surface area contributed by atoms with Crippen molar-refractivity contribution in [1.82, 2.24) is 34.4 Å². The summed E-state index contributed by atoms with van der Waals surface area (Å²) in [4.78, 5) is 64.6. The number of imidazole rings is 1. The first-order valence-corrected chi connectivity index (χ1v) is 27.9. The number of aromatic nitrogens is 6. The van der Waals surface area contributed by atoms with Gasteiger partial charge in [0.1, 0.15) is 23.9 Å². The predicted octanol–water partition coefficient (Wildman–Crippen LogP) is 9.49. The number of carbonyl (C=O) groups is 4. The number of aryl methyl sites for hydroxylation is 1. The molecule has 28 heteroatoms. The van der Waals surface area contributed by atoms with E-state index in [-0.39, 0.29) is 24.7 Å². The van der Waals surface area contributed by atoms with E-state index >= 15 is 0 Å². The molecule has 0 fully saturated rings. The summed E-state index contributed by atoms with van der Waals surface area (Å²) >= 11 is 12.1. The van der Waals surface area contributed by atoms with E-state index in [9.17, 15) is 34.1 Å². The van der Waals surface area contributed by atoms with Crippen molar-refractivity contribution in [3.63, 3.8) is 0 Å². The van der Waals surface area contributed by atoms with Crippen LogP contribution in [0.3, 0.4) is 0 Å². The van der Waals surface area contributed by atoms with E-state index in [2.05, 4.69) is 25.0 Å². The third kappa shape index (κ3) is 18.8. The molecule has 1 aliphatic rings. The quantitative estimate of drug-likeness (QED) is 0.0210. The molecule has 3 aromatic heterocycles. The number of benzene rings is 4. The Labute approximate surface area is 487 Å². The highest BCUT2D eigenvalue weighted by molar-refractivity contribution is 7.53. The molecule has 4 aromatic carbocycles. The van der Waals surface area contributed by atoms with Crippen LogP contribution < -0.4 is 15.4 Å². The molecule has 1 unspecified atom stereocenters. The Bertz CT molecular complexity index is 3350. The molecule has 83 heavy (non-hydrogen) atoms. The number of nitrogen functional groups attached to an aromatic ring is 1. The van der Waals surface area contributed by atoms with Crippen LogP contribution in [0.4, 0.5) is 21.1 Å². The maximum Gasteiger partial charge on any atom is 0.510 e. The van der Waals surface area contributed by atoms with Crippen molar-refractivity contribution in [3.05, 3.63) is 143 Å². The van der Waals surface area contributed by atoms with Gasteiger partial charge in [-0.15, -0.1) is 0 Å². The standard InChI is InChI=1S/C20H20ClN3O3.C19H30N5O10P.C16H13ClN2O2/c1-23(26)20(25)12-7-16-13-19(14-3-5-15(21)6-4-14)24(22-16)17-8-10-18(27-2)11-9-17;1-12(2)33-18(25)28-9-31-35(27,32-10-29-19(26)34-13(3)4)11-30-14(5)6-24-8-23-15-16(20)21-7-22-17(15)24;1-19-13-8-7-11(17)9-12(13)14(18-15(20)16(19)21)10-5-3-2-4-6-10/h3-6,8-11,13,26H,7,12H2,1-2H3;7-8,12-14H,6,9-11H2,1-5H3,(H2,20,21,22);2-9,15,20H,1H3/t;14-;/m.1./s1. The first-order valence-electron chi connectivity index (χ1n) is 25.5. The SMILES string of the molecule is CC(C)OC(=O)OCOP(=O)(CO[C@H](C)Cn1cnc2c(N)ncnc21)OCOC(=O)OC(C)C.CN1C(=O)C(O)N=C(c2ccccc2)c2cc(Cl)ccc21.COc1ccc(-n2nc(CCC(=O)N(C)O)cc2-c2ccc(Cl)cc2)cc1. The summed E-state index contributed by atoms with van der Waals surface area (Å²) in [5.41, 5.74) is 13.0. The lowest BCUT2D eigenvalue weighted by molar-refractivity contribution is -0.159. The zero-order chi connectivity index (χ0) is 60.4. The van der Waals surface area contributed by atoms with Crippen molar-refractivity contribution >= 4 is 83.3 Å². The molecule has 7 aromatic rings. The number of nitrogens with zero attached hydrogens (tertiary/aromatic N) is 9.